The average Bonchev–Trinajstić information content (AvgIpc) is 3.29. The molecule has 1 N–H and O–H groups in total. The van der Waals surface area contributed by atoms with E-state index in [1.54, 1.807) is 24.3 Å². The standard InChI is InChI=1S/C25H27N3O4/c1-17-7-9-19(10-8-17)25-28-27-22(32-25)15-16-23(29)31-21-13-11-20(12-14-21)26-24(30)18-5-3-2-4-6-18/h7-14,18H,2-6,15-16H2,1H3,(H,26,30). The van der Waals surface area contributed by atoms with E-state index in [0.29, 0.717) is 29.6 Å². The number of hydrogen-bond acceptors (Lipinski definition) is 6. The molecule has 0 spiro atoms. The van der Waals surface area contributed by atoms with Crippen LogP contribution in [0.2, 0.25) is 0 Å². The van der Waals surface area contributed by atoms with Crippen LogP contribution in [0.25, 0.3) is 11.5 Å². The van der Waals surface area contributed by atoms with Crippen LogP contribution in [0.3, 0.4) is 0 Å². The molecule has 0 atom stereocenters. The van der Waals surface area contributed by atoms with Crippen molar-refractivity contribution in [2.24, 2.45) is 5.92 Å². The van der Waals surface area contributed by atoms with Crippen molar-refractivity contribution in [3.63, 3.8) is 0 Å². The van der Waals surface area contributed by atoms with Gasteiger partial charge in [0, 0.05) is 23.6 Å². The number of nitrogens with zero attached hydrogens (tertiary/aromatic N) is 2. The van der Waals surface area contributed by atoms with Gasteiger partial charge in [0.2, 0.25) is 17.7 Å². The lowest BCUT2D eigenvalue weighted by Crippen LogP contribution is -2.24. The summed E-state index contributed by atoms with van der Waals surface area (Å²) in [4.78, 5) is 24.5. The topological polar surface area (TPSA) is 94.3 Å². The summed E-state index contributed by atoms with van der Waals surface area (Å²) in [5.41, 5.74) is 2.69. The number of aryl methyl sites for hydroxylation is 2. The molecule has 0 aliphatic heterocycles. The molecule has 32 heavy (non-hydrogen) atoms. The number of carbonyl (C=O) groups is 2. The molecule has 1 aliphatic carbocycles. The van der Waals surface area contributed by atoms with Crippen LogP contribution in [0.15, 0.2) is 52.9 Å². The van der Waals surface area contributed by atoms with Gasteiger partial charge in [0.25, 0.3) is 0 Å². The van der Waals surface area contributed by atoms with Crippen LogP contribution >= 0.6 is 0 Å². The lowest BCUT2D eigenvalue weighted by molar-refractivity contribution is -0.134. The van der Waals surface area contributed by atoms with Crippen molar-refractivity contribution in [1.82, 2.24) is 10.2 Å². The number of hydrogen-bond donors (Lipinski definition) is 1. The zero-order chi connectivity index (χ0) is 22.3. The number of amides is 1. The number of ether oxygens (including phenoxy) is 1. The lowest BCUT2D eigenvalue weighted by atomic mass is 9.88. The van der Waals surface area contributed by atoms with Gasteiger partial charge in [-0.15, -0.1) is 10.2 Å². The first kappa shape index (κ1) is 21.7. The highest BCUT2D eigenvalue weighted by molar-refractivity contribution is 5.92. The molecular formula is C25H27N3O4. The van der Waals surface area contributed by atoms with E-state index in [2.05, 4.69) is 15.5 Å². The SMILES string of the molecule is Cc1ccc(-c2nnc(CCC(=O)Oc3ccc(NC(=O)C4CCCCC4)cc3)o2)cc1. The van der Waals surface area contributed by atoms with Gasteiger partial charge in [0.05, 0.1) is 6.42 Å². The number of anilines is 1. The summed E-state index contributed by atoms with van der Waals surface area (Å²) in [5, 5.41) is 11.0. The third-order valence-corrected chi connectivity index (χ3v) is 5.64. The Morgan fingerprint density at radius 1 is 1.00 bits per heavy atom. The Hall–Kier alpha value is -3.48. The molecule has 0 unspecified atom stereocenters. The smallest absolute Gasteiger partial charge is 0.311 e. The minimum atomic E-state index is -0.390. The van der Waals surface area contributed by atoms with E-state index in [1.807, 2.05) is 31.2 Å². The van der Waals surface area contributed by atoms with Crippen molar-refractivity contribution in [3.05, 3.63) is 60.0 Å². The predicted octanol–water partition coefficient (Wildman–Crippen LogP) is 5.10. The molecule has 3 aromatic rings. The highest BCUT2D eigenvalue weighted by atomic mass is 16.5. The van der Waals surface area contributed by atoms with Gasteiger partial charge in [0.1, 0.15) is 5.75 Å². The van der Waals surface area contributed by atoms with Crippen molar-refractivity contribution in [2.75, 3.05) is 5.32 Å². The number of nitrogens with one attached hydrogen (secondary N) is 1. The second kappa shape index (κ2) is 10.2. The Bertz CT molecular complexity index is 1050. The van der Waals surface area contributed by atoms with Crippen LogP contribution in [0.4, 0.5) is 5.69 Å². The molecule has 0 radical (unpaired) electrons. The third-order valence-electron chi connectivity index (χ3n) is 5.64. The second-order valence-corrected chi connectivity index (χ2v) is 8.19. The number of esters is 1. The van der Waals surface area contributed by atoms with E-state index < -0.39 is 0 Å². The quantitative estimate of drug-likeness (QED) is 0.411. The Balaban J connectivity index is 1.24. The van der Waals surface area contributed by atoms with E-state index in [-0.39, 0.29) is 24.2 Å². The Morgan fingerprint density at radius 2 is 1.72 bits per heavy atom. The maximum atomic E-state index is 12.3. The highest BCUT2D eigenvalue weighted by Gasteiger charge is 2.21. The Morgan fingerprint density at radius 3 is 2.44 bits per heavy atom. The molecule has 1 heterocycles. The number of carbonyl (C=O) groups excluding carboxylic acids is 2. The first-order valence-corrected chi connectivity index (χ1v) is 11.1. The summed E-state index contributed by atoms with van der Waals surface area (Å²) >= 11 is 0. The highest BCUT2D eigenvalue weighted by Crippen LogP contribution is 2.25. The van der Waals surface area contributed by atoms with Gasteiger partial charge in [-0.25, -0.2) is 0 Å². The molecule has 4 rings (SSSR count). The Labute approximate surface area is 187 Å². The van der Waals surface area contributed by atoms with Crippen molar-refractivity contribution in [1.29, 1.82) is 0 Å². The van der Waals surface area contributed by atoms with Crippen LogP contribution in [0.5, 0.6) is 5.75 Å². The van der Waals surface area contributed by atoms with E-state index in [0.717, 1.165) is 36.8 Å². The Kier molecular flexibility index (Phi) is 6.94. The largest absolute Gasteiger partial charge is 0.427 e. The monoisotopic (exact) mass is 433 g/mol. The first-order chi connectivity index (χ1) is 15.6. The van der Waals surface area contributed by atoms with Gasteiger partial charge in [-0.3, -0.25) is 9.59 Å². The predicted molar refractivity (Wildman–Crippen MR) is 120 cm³/mol. The van der Waals surface area contributed by atoms with Crippen LogP contribution in [-0.4, -0.2) is 22.1 Å². The second-order valence-electron chi connectivity index (χ2n) is 8.19. The zero-order valence-corrected chi connectivity index (χ0v) is 18.2. The minimum Gasteiger partial charge on any atom is -0.427 e. The fourth-order valence-electron chi connectivity index (χ4n) is 3.77. The van der Waals surface area contributed by atoms with E-state index in [1.165, 1.54) is 6.42 Å². The molecule has 1 fully saturated rings. The van der Waals surface area contributed by atoms with Gasteiger partial charge < -0.3 is 14.5 Å². The van der Waals surface area contributed by atoms with Gasteiger partial charge in [-0.1, -0.05) is 37.0 Å². The molecule has 0 bridgehead atoms. The maximum Gasteiger partial charge on any atom is 0.311 e. The van der Waals surface area contributed by atoms with Gasteiger partial charge in [-0.2, -0.15) is 0 Å². The van der Waals surface area contributed by atoms with Crippen LogP contribution < -0.4 is 10.1 Å². The normalized spacial score (nSPS) is 14.2. The van der Waals surface area contributed by atoms with Crippen LogP contribution in [0.1, 0.15) is 50.0 Å². The maximum absolute atomic E-state index is 12.3. The molecule has 7 heteroatoms. The van der Waals surface area contributed by atoms with Gasteiger partial charge in [0.15, 0.2) is 0 Å². The summed E-state index contributed by atoms with van der Waals surface area (Å²) in [6.07, 6.45) is 5.77. The van der Waals surface area contributed by atoms with Crippen LogP contribution in [-0.2, 0) is 16.0 Å². The summed E-state index contributed by atoms with van der Waals surface area (Å²) in [5.74, 6) is 1.02. The molecule has 1 aliphatic rings. The van der Waals surface area contributed by atoms with Crippen molar-refractivity contribution < 1.29 is 18.7 Å². The van der Waals surface area contributed by atoms with E-state index in [4.69, 9.17) is 9.15 Å². The molecule has 1 saturated carbocycles. The van der Waals surface area contributed by atoms with Gasteiger partial charge in [-0.05, 0) is 56.2 Å². The number of rotatable bonds is 7. The molecule has 7 nitrogen and oxygen atoms in total. The third kappa shape index (κ3) is 5.81. The summed E-state index contributed by atoms with van der Waals surface area (Å²) in [6, 6.07) is 14.6. The minimum absolute atomic E-state index is 0.0685. The molecular weight excluding hydrogens is 406 g/mol. The molecule has 1 aromatic heterocycles. The lowest BCUT2D eigenvalue weighted by Gasteiger charge is -2.20. The molecule has 166 valence electrons. The number of aromatic nitrogens is 2. The van der Waals surface area contributed by atoms with Crippen molar-refractivity contribution in [2.45, 2.75) is 51.9 Å². The molecule has 0 saturated heterocycles. The number of benzene rings is 2. The molecule has 1 amide bonds. The van der Waals surface area contributed by atoms with E-state index >= 15 is 0 Å². The summed E-state index contributed by atoms with van der Waals surface area (Å²) < 4.78 is 11.0. The van der Waals surface area contributed by atoms with Crippen LogP contribution in [0, 0.1) is 12.8 Å². The zero-order valence-electron chi connectivity index (χ0n) is 18.2. The van der Waals surface area contributed by atoms with Gasteiger partial charge >= 0.3 is 5.97 Å². The summed E-state index contributed by atoms with van der Waals surface area (Å²) in [6.45, 7) is 2.01. The summed E-state index contributed by atoms with van der Waals surface area (Å²) in [7, 11) is 0. The fourth-order valence-corrected chi connectivity index (χ4v) is 3.77. The van der Waals surface area contributed by atoms with Crippen molar-refractivity contribution in [3.8, 4) is 17.2 Å². The average molecular weight is 434 g/mol. The molecule has 2 aromatic carbocycles. The van der Waals surface area contributed by atoms with E-state index in [9.17, 15) is 9.59 Å². The first-order valence-electron chi connectivity index (χ1n) is 11.1. The fraction of sp³-hybridized carbons (Fsp3) is 0.360. The van der Waals surface area contributed by atoms with Crippen molar-refractivity contribution >= 4 is 17.6 Å².